The second-order valence-electron chi connectivity index (χ2n) is 28.7. The first-order chi connectivity index (χ1) is 63.1. The predicted molar refractivity (Wildman–Crippen MR) is 415 cm³/mol. The minimum absolute atomic E-state index is 0.0954. The molecule has 0 amide bonds. The molecule has 14 rings (SSSR count). The van der Waals surface area contributed by atoms with Gasteiger partial charge in [-0.2, -0.15) is 0 Å². The van der Waals surface area contributed by atoms with Crippen LogP contribution in [-0.2, 0) is 56.8 Å². The quantitative estimate of drug-likeness (QED) is 0.0419. The number of hydrogen-bond acceptors (Lipinski definition) is 52. The van der Waals surface area contributed by atoms with Crippen molar-refractivity contribution in [2.75, 3.05) is 13.2 Å². The number of carbonyl (C=O) groups excluding carboxylic acids is 10. The lowest BCUT2D eigenvalue weighted by atomic mass is 9.92. The highest BCUT2D eigenvalue weighted by molar-refractivity contribution is 6.11. The monoisotopic (exact) mass is 1870 g/mol. The molecule has 2 saturated heterocycles. The van der Waals surface area contributed by atoms with Gasteiger partial charge >= 0.3 is 59.7 Å². The third kappa shape index (κ3) is 16.1. The van der Waals surface area contributed by atoms with E-state index in [0.29, 0.717) is 60.7 Å². The van der Waals surface area contributed by atoms with Crippen molar-refractivity contribution in [3.8, 4) is 200 Å². The molecule has 52 nitrogen and oxygen atoms in total. The topological polar surface area (TPSA) is 877 Å². The standard InChI is InChI=1S/C82H58O52/c83-28-2-1-22(48(97)52(28)101)77(118)134-82-70(68(130-72(113)19-5-31(86)50(99)32(87)6-19)66-43(125-82)17-123-76(117)24-12-36(91)54(103)59(108)45(24)47-26(79(120)128-66)14-38(93)56(105)61(47)110)132-80(121)27-15-39(94)57(106)62(111)63(27)126-64-40(95)9-21(10-41(64)96)74(115)133-81-69(131-73(114)20-7-33(88)51(100)34(89)8-20)67(129-71(112)18-3-29(84)49(98)30(85)4-18)65-42(124-81)16-122-75(116)23-11-35(90)53(102)58(107)44(23)46-25(78(119)127-65)13-37(92)55(104)60(46)109/h1-15,42-43,65-70,81-111H,16-17H2. The molecule has 0 aromatic heterocycles. The smallest absolute Gasteiger partial charge is 0.344 e. The van der Waals surface area contributed by atoms with E-state index < -0.39 is 390 Å². The maximum Gasteiger partial charge on any atom is 0.344 e. The number of phenolic OH excluding ortho intramolecular Hbond substituents is 29. The Kier molecular flexibility index (Phi) is 23.2. The fourth-order valence-corrected chi connectivity index (χ4v) is 13.9. The molecule has 4 aliphatic heterocycles. The van der Waals surface area contributed by atoms with Crippen molar-refractivity contribution >= 4 is 59.7 Å². The van der Waals surface area contributed by atoms with E-state index in [1.54, 1.807) is 0 Å². The van der Waals surface area contributed by atoms with Gasteiger partial charge in [0.2, 0.25) is 70.8 Å². The van der Waals surface area contributed by atoms with Gasteiger partial charge in [0.05, 0.1) is 44.5 Å². The molecule has 0 bridgehead atoms. The van der Waals surface area contributed by atoms with E-state index in [1.807, 2.05) is 0 Å². The molecule has 10 atom stereocenters. The van der Waals surface area contributed by atoms with E-state index >= 15 is 9.59 Å². The average Bonchev–Trinajstić information content (AvgIpc) is 1.19. The molecule has 4 heterocycles. The number of carbonyl (C=O) groups is 10. The molecule has 10 aromatic carbocycles. The van der Waals surface area contributed by atoms with Gasteiger partial charge in [-0.25, -0.2) is 47.9 Å². The van der Waals surface area contributed by atoms with E-state index in [4.69, 9.17) is 61.6 Å². The van der Waals surface area contributed by atoms with Gasteiger partial charge in [-0.1, -0.05) is 0 Å². The number of rotatable bonds is 14. The number of aromatic hydroxyl groups is 29. The van der Waals surface area contributed by atoms with Crippen molar-refractivity contribution < 1.29 is 258 Å². The second-order valence-corrected chi connectivity index (χ2v) is 28.7. The van der Waals surface area contributed by atoms with E-state index in [0.717, 1.165) is 0 Å². The Balaban J connectivity index is 0.869. The highest BCUT2D eigenvalue weighted by Crippen LogP contribution is 2.58. The second kappa shape index (κ2) is 34.2. The number of cyclic esters (lactones) is 2. The fraction of sp³-hybridized carbons (Fsp3) is 0.146. The van der Waals surface area contributed by atoms with Gasteiger partial charge in [-0.05, 0) is 84.9 Å². The van der Waals surface area contributed by atoms with Crippen molar-refractivity contribution in [2.24, 2.45) is 0 Å². The zero-order valence-electron chi connectivity index (χ0n) is 65.7. The molecule has 29 N–H and O–H groups in total. The molecule has 2 fully saturated rings. The van der Waals surface area contributed by atoms with Crippen LogP contribution in [0.4, 0.5) is 0 Å². The maximum atomic E-state index is 15.4. The van der Waals surface area contributed by atoms with Crippen LogP contribution in [0.5, 0.6) is 178 Å². The number of esters is 10. The summed E-state index contributed by atoms with van der Waals surface area (Å²) in [7, 11) is 0. The average molecular weight is 1880 g/mol. The molecule has 134 heavy (non-hydrogen) atoms. The number of fused-ring (bicyclic) bond motifs is 8. The van der Waals surface area contributed by atoms with Crippen LogP contribution in [0.2, 0.25) is 0 Å². The number of phenols is 29. The first-order valence-electron chi connectivity index (χ1n) is 37.0. The Labute approximate surface area is 736 Å². The van der Waals surface area contributed by atoms with Crippen molar-refractivity contribution in [1.29, 1.82) is 0 Å². The summed E-state index contributed by atoms with van der Waals surface area (Å²) in [6, 6.07) is 5.17. The SMILES string of the molecule is O=C(OC1OC2COC(=O)c3cc(O)c(O)c(O)c3-c3c(cc(O)c(O)c3O)C(=O)OC2C(OC(=O)c2cc(O)c(O)c(O)c2)C1OC(=O)c1cc(O)c(O)c(O)c1)c1cc(O)c(Oc2c(C(=O)OC3C(OC(=O)c4ccc(O)c(O)c4O)OC4COC(=O)c5cc(O)c(O)c(O)c5-c5c(cc(O)c(O)c5O)C(=O)OC4C3OC(=O)c3cc(O)c(O)c(O)c3)cc(O)c(O)c2O)c(O)c1. The zero-order valence-corrected chi connectivity index (χ0v) is 65.7. The predicted octanol–water partition coefficient (Wildman–Crippen LogP) is 3.73. The Morgan fingerprint density at radius 1 is 0.246 bits per heavy atom. The van der Waals surface area contributed by atoms with Crippen LogP contribution in [0.25, 0.3) is 22.3 Å². The Bertz CT molecular complexity index is 6660. The van der Waals surface area contributed by atoms with E-state index in [9.17, 15) is 186 Å². The lowest BCUT2D eigenvalue weighted by Crippen LogP contribution is -2.63. The minimum Gasteiger partial charge on any atom is -0.504 e. The number of hydrogen-bond donors (Lipinski definition) is 29. The van der Waals surface area contributed by atoms with Gasteiger partial charge in [-0.15, -0.1) is 0 Å². The summed E-state index contributed by atoms with van der Waals surface area (Å²) in [5.41, 5.74) is -17.1. The van der Waals surface area contributed by atoms with Gasteiger partial charge in [-0.3, -0.25) is 0 Å². The summed E-state index contributed by atoms with van der Waals surface area (Å²) < 4.78 is 73.9. The van der Waals surface area contributed by atoms with Crippen molar-refractivity contribution in [3.63, 3.8) is 0 Å². The number of benzene rings is 10. The molecule has 0 aliphatic carbocycles. The molecule has 0 spiro atoms. The summed E-state index contributed by atoms with van der Waals surface area (Å²) in [5, 5.41) is 315. The van der Waals surface area contributed by atoms with Crippen LogP contribution in [0, 0.1) is 0 Å². The summed E-state index contributed by atoms with van der Waals surface area (Å²) in [5.74, 6) is -65.3. The van der Waals surface area contributed by atoms with E-state index in [-0.39, 0.29) is 30.3 Å². The highest BCUT2D eigenvalue weighted by Gasteiger charge is 2.58. The van der Waals surface area contributed by atoms with Crippen molar-refractivity contribution in [3.05, 3.63) is 147 Å². The summed E-state index contributed by atoms with van der Waals surface area (Å²) in [6.07, 6.45) is -28.4. The van der Waals surface area contributed by atoms with Gasteiger partial charge in [0.15, 0.2) is 157 Å². The van der Waals surface area contributed by atoms with Crippen molar-refractivity contribution in [1.82, 2.24) is 0 Å². The van der Waals surface area contributed by atoms with Crippen LogP contribution >= 0.6 is 0 Å². The summed E-state index contributed by atoms with van der Waals surface area (Å²) in [4.78, 5) is 147. The maximum absolute atomic E-state index is 15.4. The third-order valence-electron chi connectivity index (χ3n) is 20.4. The normalized spacial score (nSPS) is 19.1. The molecular formula is C82H58O52. The molecule has 10 aromatic rings. The van der Waals surface area contributed by atoms with Gasteiger partial charge in [0.1, 0.15) is 36.5 Å². The third-order valence-corrected chi connectivity index (χ3v) is 20.4. The van der Waals surface area contributed by atoms with Gasteiger partial charge in [0, 0.05) is 28.3 Å². The summed E-state index contributed by atoms with van der Waals surface area (Å²) in [6.45, 7) is -3.07. The fourth-order valence-electron chi connectivity index (χ4n) is 13.9. The van der Waals surface area contributed by atoms with Crippen LogP contribution in [0.3, 0.4) is 0 Å². The molecule has 10 unspecified atom stereocenters. The van der Waals surface area contributed by atoms with Crippen LogP contribution in [-0.4, -0.2) is 282 Å². The van der Waals surface area contributed by atoms with E-state index in [1.165, 1.54) is 0 Å². The van der Waals surface area contributed by atoms with E-state index in [2.05, 4.69) is 0 Å². The highest BCUT2D eigenvalue weighted by atomic mass is 16.8. The van der Waals surface area contributed by atoms with Gasteiger partial charge in [0.25, 0.3) is 0 Å². The summed E-state index contributed by atoms with van der Waals surface area (Å²) >= 11 is 0. The zero-order chi connectivity index (χ0) is 97.7. The molecule has 4 aliphatic rings. The lowest BCUT2D eigenvalue weighted by Gasteiger charge is -2.43. The Hall–Kier alpha value is -19.2. The Morgan fingerprint density at radius 2 is 0.515 bits per heavy atom. The molecular weight excluding hydrogens is 1820 g/mol. The molecule has 0 radical (unpaired) electrons. The Morgan fingerprint density at radius 3 is 0.866 bits per heavy atom. The van der Waals surface area contributed by atoms with Crippen LogP contribution < -0.4 is 4.74 Å². The molecule has 52 heteroatoms. The largest absolute Gasteiger partial charge is 0.504 e. The van der Waals surface area contributed by atoms with Crippen LogP contribution in [0.1, 0.15) is 104 Å². The van der Waals surface area contributed by atoms with Gasteiger partial charge < -0.3 is 210 Å². The first kappa shape index (κ1) is 91.0. The van der Waals surface area contributed by atoms with Crippen molar-refractivity contribution in [2.45, 2.75) is 61.4 Å². The van der Waals surface area contributed by atoms with Crippen LogP contribution in [0.15, 0.2) is 91.0 Å². The number of ether oxygens (including phenoxy) is 13. The minimum atomic E-state index is -3.09. The molecule has 698 valence electrons. The molecule has 0 saturated carbocycles. The lowest BCUT2D eigenvalue weighted by molar-refractivity contribution is -0.283. The first-order valence-corrected chi connectivity index (χ1v) is 37.0.